The highest BCUT2D eigenvalue weighted by Gasteiger charge is 2.12. The van der Waals surface area contributed by atoms with Gasteiger partial charge in [0.15, 0.2) is 6.61 Å². The molecular formula is C22H28N2O2. The van der Waals surface area contributed by atoms with E-state index in [0.717, 1.165) is 28.0 Å². The van der Waals surface area contributed by atoms with Gasteiger partial charge in [0, 0.05) is 0 Å². The fraction of sp³-hybridized carbons (Fsp3) is 0.364. The fourth-order valence-electron chi connectivity index (χ4n) is 2.57. The Balaban J connectivity index is 1.89. The van der Waals surface area contributed by atoms with Crippen molar-refractivity contribution >= 4 is 12.1 Å². The minimum atomic E-state index is -0.284. The number of ether oxygens (including phenoxy) is 1. The molecule has 0 spiro atoms. The molecule has 1 amide bonds. The number of nitrogens with zero attached hydrogens (tertiary/aromatic N) is 1. The molecule has 0 fully saturated rings. The van der Waals surface area contributed by atoms with Crippen LogP contribution < -0.4 is 10.2 Å². The maximum atomic E-state index is 11.9. The van der Waals surface area contributed by atoms with Crippen molar-refractivity contribution in [1.29, 1.82) is 0 Å². The van der Waals surface area contributed by atoms with Crippen molar-refractivity contribution in [2.75, 3.05) is 6.61 Å². The van der Waals surface area contributed by atoms with Crippen molar-refractivity contribution in [3.05, 3.63) is 64.2 Å². The summed E-state index contributed by atoms with van der Waals surface area (Å²) in [7, 11) is 0. The Kier molecular flexibility index (Phi) is 6.19. The van der Waals surface area contributed by atoms with Gasteiger partial charge in [-0.25, -0.2) is 5.43 Å². The van der Waals surface area contributed by atoms with Gasteiger partial charge < -0.3 is 4.74 Å². The molecule has 26 heavy (non-hydrogen) atoms. The topological polar surface area (TPSA) is 50.7 Å². The van der Waals surface area contributed by atoms with E-state index in [9.17, 15) is 4.79 Å². The van der Waals surface area contributed by atoms with Gasteiger partial charge in [0.2, 0.25) is 0 Å². The number of nitrogens with one attached hydrogen (secondary N) is 1. The van der Waals surface area contributed by atoms with Crippen LogP contribution in [0.2, 0.25) is 0 Å². The first-order valence-corrected chi connectivity index (χ1v) is 8.80. The summed E-state index contributed by atoms with van der Waals surface area (Å²) in [5, 5.41) is 4.00. The van der Waals surface area contributed by atoms with E-state index in [4.69, 9.17) is 4.74 Å². The van der Waals surface area contributed by atoms with Crippen LogP contribution in [0.3, 0.4) is 0 Å². The predicted octanol–water partition coefficient (Wildman–Crippen LogP) is 4.44. The lowest BCUT2D eigenvalue weighted by molar-refractivity contribution is -0.123. The first kappa shape index (κ1) is 19.7. The minimum Gasteiger partial charge on any atom is -0.483 e. The van der Waals surface area contributed by atoms with Crippen molar-refractivity contribution in [3.63, 3.8) is 0 Å². The smallest absolute Gasteiger partial charge is 0.277 e. The van der Waals surface area contributed by atoms with Gasteiger partial charge in [0.1, 0.15) is 5.75 Å². The lowest BCUT2D eigenvalue weighted by Gasteiger charge is -2.18. The first-order valence-electron chi connectivity index (χ1n) is 8.80. The van der Waals surface area contributed by atoms with Crippen molar-refractivity contribution in [2.24, 2.45) is 5.10 Å². The molecule has 0 aromatic heterocycles. The number of hydrogen-bond donors (Lipinski definition) is 1. The monoisotopic (exact) mass is 352 g/mol. The molecule has 0 aliphatic heterocycles. The van der Waals surface area contributed by atoms with Crippen LogP contribution in [0.15, 0.2) is 41.5 Å². The standard InChI is InChI=1S/C22H28N2O2/c1-15-7-8-16(2)21(17(15)3)26-14-20(25)24-23-13-18-9-11-19(12-10-18)22(4,5)6/h7-13H,14H2,1-6H3,(H,24,25)/b23-13+. The molecular weight excluding hydrogens is 324 g/mol. The van der Waals surface area contributed by atoms with Crippen molar-refractivity contribution in [1.82, 2.24) is 5.43 Å². The van der Waals surface area contributed by atoms with E-state index in [1.54, 1.807) is 6.21 Å². The predicted molar refractivity (Wildman–Crippen MR) is 107 cm³/mol. The van der Waals surface area contributed by atoms with Crippen molar-refractivity contribution < 1.29 is 9.53 Å². The molecule has 0 heterocycles. The number of hydrogen-bond acceptors (Lipinski definition) is 3. The normalized spacial score (nSPS) is 11.6. The van der Waals surface area contributed by atoms with E-state index in [-0.39, 0.29) is 17.9 Å². The summed E-state index contributed by atoms with van der Waals surface area (Å²) in [4.78, 5) is 11.9. The molecule has 0 saturated carbocycles. The second-order valence-electron chi connectivity index (χ2n) is 7.61. The van der Waals surface area contributed by atoms with Gasteiger partial charge in [0.25, 0.3) is 5.91 Å². The SMILES string of the molecule is Cc1ccc(C)c(OCC(=O)N/N=C/c2ccc(C(C)(C)C)cc2)c1C. The van der Waals surface area contributed by atoms with Crippen LogP contribution in [-0.2, 0) is 10.2 Å². The van der Waals surface area contributed by atoms with Gasteiger partial charge in [-0.2, -0.15) is 5.10 Å². The summed E-state index contributed by atoms with van der Waals surface area (Å²) in [6.45, 7) is 12.5. The van der Waals surface area contributed by atoms with Crippen LogP contribution in [0, 0.1) is 20.8 Å². The molecule has 0 aliphatic rings. The highest BCUT2D eigenvalue weighted by atomic mass is 16.5. The number of benzene rings is 2. The molecule has 4 heteroatoms. The van der Waals surface area contributed by atoms with Gasteiger partial charge in [0.05, 0.1) is 6.21 Å². The Hall–Kier alpha value is -2.62. The Morgan fingerprint density at radius 1 is 1.04 bits per heavy atom. The van der Waals surface area contributed by atoms with Crippen LogP contribution in [0.4, 0.5) is 0 Å². The Labute approximate surface area is 156 Å². The maximum Gasteiger partial charge on any atom is 0.277 e. The quantitative estimate of drug-likeness (QED) is 0.639. The van der Waals surface area contributed by atoms with E-state index in [2.05, 4.69) is 43.4 Å². The zero-order valence-electron chi connectivity index (χ0n) is 16.5. The van der Waals surface area contributed by atoms with Crippen molar-refractivity contribution in [3.8, 4) is 5.75 Å². The van der Waals surface area contributed by atoms with Gasteiger partial charge in [-0.1, -0.05) is 57.2 Å². The molecule has 0 atom stereocenters. The molecule has 4 nitrogen and oxygen atoms in total. The fourth-order valence-corrected chi connectivity index (χ4v) is 2.57. The lowest BCUT2D eigenvalue weighted by atomic mass is 9.87. The molecule has 0 radical (unpaired) electrons. The van der Waals surface area contributed by atoms with E-state index in [1.165, 1.54) is 5.56 Å². The van der Waals surface area contributed by atoms with Crippen LogP contribution >= 0.6 is 0 Å². The molecule has 0 saturated heterocycles. The Morgan fingerprint density at radius 2 is 1.65 bits per heavy atom. The number of aryl methyl sites for hydroxylation is 2. The van der Waals surface area contributed by atoms with Crippen LogP contribution in [0.25, 0.3) is 0 Å². The van der Waals surface area contributed by atoms with Gasteiger partial charge in [-0.3, -0.25) is 4.79 Å². The van der Waals surface area contributed by atoms with E-state index in [0.29, 0.717) is 0 Å². The largest absolute Gasteiger partial charge is 0.483 e. The summed E-state index contributed by atoms with van der Waals surface area (Å²) in [5.74, 6) is 0.481. The van der Waals surface area contributed by atoms with E-state index < -0.39 is 0 Å². The van der Waals surface area contributed by atoms with Crippen LogP contribution in [0.1, 0.15) is 48.6 Å². The Morgan fingerprint density at radius 3 is 2.27 bits per heavy atom. The summed E-state index contributed by atoms with van der Waals surface area (Å²) < 4.78 is 5.68. The number of amides is 1. The van der Waals surface area contributed by atoms with Gasteiger partial charge in [-0.05, 0) is 54.0 Å². The average Bonchev–Trinajstić information content (AvgIpc) is 2.58. The zero-order valence-corrected chi connectivity index (χ0v) is 16.5. The average molecular weight is 352 g/mol. The van der Waals surface area contributed by atoms with Gasteiger partial charge in [-0.15, -0.1) is 0 Å². The zero-order chi connectivity index (χ0) is 19.3. The van der Waals surface area contributed by atoms with E-state index >= 15 is 0 Å². The molecule has 2 aromatic carbocycles. The van der Waals surface area contributed by atoms with Crippen molar-refractivity contribution in [2.45, 2.75) is 47.0 Å². The number of carbonyl (C=O) groups excluding carboxylic acids is 1. The number of hydrazone groups is 1. The summed E-state index contributed by atoms with van der Waals surface area (Å²) >= 11 is 0. The summed E-state index contributed by atoms with van der Waals surface area (Å²) in [5.41, 5.74) is 8.03. The van der Waals surface area contributed by atoms with E-state index in [1.807, 2.05) is 45.0 Å². The first-order chi connectivity index (χ1) is 12.2. The minimum absolute atomic E-state index is 0.0641. The lowest BCUT2D eigenvalue weighted by Crippen LogP contribution is -2.25. The third-order valence-electron chi connectivity index (χ3n) is 4.40. The molecule has 2 rings (SSSR count). The molecule has 0 unspecified atom stereocenters. The molecule has 0 aliphatic carbocycles. The molecule has 0 bridgehead atoms. The third-order valence-corrected chi connectivity index (χ3v) is 4.40. The maximum absolute atomic E-state index is 11.9. The highest BCUT2D eigenvalue weighted by Crippen LogP contribution is 2.25. The highest BCUT2D eigenvalue weighted by molar-refractivity contribution is 5.83. The summed E-state index contributed by atoms with van der Waals surface area (Å²) in [6.07, 6.45) is 1.63. The molecule has 138 valence electrons. The second-order valence-corrected chi connectivity index (χ2v) is 7.61. The molecule has 1 N–H and O–H groups in total. The third kappa shape index (κ3) is 5.19. The number of carbonyl (C=O) groups is 1. The Bertz CT molecular complexity index is 800. The number of rotatable bonds is 5. The summed E-state index contributed by atoms with van der Waals surface area (Å²) in [6, 6.07) is 12.2. The second kappa shape index (κ2) is 8.17. The van der Waals surface area contributed by atoms with Gasteiger partial charge >= 0.3 is 0 Å². The molecule has 2 aromatic rings. The van der Waals surface area contributed by atoms with Crippen LogP contribution in [-0.4, -0.2) is 18.7 Å². The van der Waals surface area contributed by atoms with Crippen LogP contribution in [0.5, 0.6) is 5.75 Å².